The standard InChI is InChI=1S/C19H23NO4/c1-12-6-3-4-8-15(12)16-10-17(21)20-13(2)18(16)19(22)24-11-14-7-5-9-23-14/h3-4,6,8,14,16H,5,7,9-11H2,1-2H3,(H,20,21)/t14-,16-/m0/s1. The van der Waals surface area contributed by atoms with E-state index in [9.17, 15) is 9.59 Å². The molecule has 0 spiro atoms. The van der Waals surface area contributed by atoms with E-state index in [1.54, 1.807) is 6.92 Å². The number of ether oxygens (including phenoxy) is 2. The molecule has 0 saturated carbocycles. The second-order valence-electron chi connectivity index (χ2n) is 6.43. The van der Waals surface area contributed by atoms with Crippen LogP contribution in [0.15, 0.2) is 35.5 Å². The number of rotatable bonds is 4. The maximum atomic E-state index is 12.7. The molecule has 1 fully saturated rings. The van der Waals surface area contributed by atoms with Gasteiger partial charge in [-0.2, -0.15) is 0 Å². The number of esters is 1. The van der Waals surface area contributed by atoms with Gasteiger partial charge in [0.2, 0.25) is 5.91 Å². The van der Waals surface area contributed by atoms with Gasteiger partial charge in [-0.05, 0) is 37.8 Å². The minimum Gasteiger partial charge on any atom is -0.460 e. The van der Waals surface area contributed by atoms with E-state index in [0.29, 0.717) is 11.3 Å². The Morgan fingerprint density at radius 1 is 1.33 bits per heavy atom. The first-order valence-electron chi connectivity index (χ1n) is 8.41. The third-order valence-electron chi connectivity index (χ3n) is 4.68. The van der Waals surface area contributed by atoms with Crippen molar-refractivity contribution >= 4 is 11.9 Å². The van der Waals surface area contributed by atoms with Crippen LogP contribution in [0.4, 0.5) is 0 Å². The van der Waals surface area contributed by atoms with Gasteiger partial charge in [0.15, 0.2) is 0 Å². The van der Waals surface area contributed by atoms with E-state index in [1.807, 2.05) is 31.2 Å². The highest BCUT2D eigenvalue weighted by atomic mass is 16.6. The highest BCUT2D eigenvalue weighted by Gasteiger charge is 2.33. The summed E-state index contributed by atoms with van der Waals surface area (Å²) in [5.74, 6) is -0.704. The van der Waals surface area contributed by atoms with Crippen LogP contribution in [0.3, 0.4) is 0 Å². The average molecular weight is 329 g/mol. The van der Waals surface area contributed by atoms with Crippen molar-refractivity contribution in [3.05, 3.63) is 46.7 Å². The molecule has 24 heavy (non-hydrogen) atoms. The van der Waals surface area contributed by atoms with E-state index in [0.717, 1.165) is 30.6 Å². The topological polar surface area (TPSA) is 64.6 Å². The number of carbonyl (C=O) groups excluding carboxylic acids is 2. The van der Waals surface area contributed by atoms with Crippen LogP contribution in [0.2, 0.25) is 0 Å². The molecule has 0 bridgehead atoms. The summed E-state index contributed by atoms with van der Waals surface area (Å²) in [6.07, 6.45) is 2.17. The van der Waals surface area contributed by atoms with Gasteiger partial charge in [0.1, 0.15) is 6.61 Å². The Morgan fingerprint density at radius 3 is 2.83 bits per heavy atom. The fourth-order valence-electron chi connectivity index (χ4n) is 3.44. The second kappa shape index (κ2) is 7.18. The quantitative estimate of drug-likeness (QED) is 0.863. The molecule has 128 valence electrons. The molecule has 3 rings (SSSR count). The van der Waals surface area contributed by atoms with Crippen molar-refractivity contribution in [3.63, 3.8) is 0 Å². The summed E-state index contributed by atoms with van der Waals surface area (Å²) in [4.78, 5) is 24.7. The number of nitrogens with one attached hydrogen (secondary N) is 1. The number of hydrogen-bond donors (Lipinski definition) is 1. The van der Waals surface area contributed by atoms with Gasteiger partial charge in [0.05, 0.1) is 11.7 Å². The molecule has 0 aromatic heterocycles. The van der Waals surface area contributed by atoms with Crippen molar-refractivity contribution in [1.82, 2.24) is 5.32 Å². The molecule has 5 nitrogen and oxygen atoms in total. The van der Waals surface area contributed by atoms with E-state index in [1.165, 1.54) is 0 Å². The summed E-state index contributed by atoms with van der Waals surface area (Å²) in [6, 6.07) is 7.85. The summed E-state index contributed by atoms with van der Waals surface area (Å²) in [6.45, 7) is 4.74. The molecule has 1 amide bonds. The number of hydrogen-bond acceptors (Lipinski definition) is 4. The molecule has 2 aliphatic rings. The van der Waals surface area contributed by atoms with Crippen molar-refractivity contribution < 1.29 is 19.1 Å². The fraction of sp³-hybridized carbons (Fsp3) is 0.474. The number of carbonyl (C=O) groups is 2. The molecule has 5 heteroatoms. The summed E-state index contributed by atoms with van der Waals surface area (Å²) in [5.41, 5.74) is 3.18. The Labute approximate surface area is 142 Å². The Hall–Kier alpha value is -2.14. The highest BCUT2D eigenvalue weighted by Crippen LogP contribution is 2.35. The molecule has 1 aromatic carbocycles. The molecular formula is C19H23NO4. The van der Waals surface area contributed by atoms with Gasteiger partial charge in [-0.1, -0.05) is 24.3 Å². The SMILES string of the molecule is CC1=C(C(=O)OC[C@@H]2CCCO2)[C@H](c2ccccc2C)CC(=O)N1. The lowest BCUT2D eigenvalue weighted by Crippen LogP contribution is -2.35. The molecule has 2 aliphatic heterocycles. The third kappa shape index (κ3) is 3.51. The predicted octanol–water partition coefficient (Wildman–Crippen LogP) is 2.59. The maximum absolute atomic E-state index is 12.7. The summed E-state index contributed by atoms with van der Waals surface area (Å²) < 4.78 is 11.0. The fourth-order valence-corrected chi connectivity index (χ4v) is 3.44. The van der Waals surface area contributed by atoms with Crippen LogP contribution < -0.4 is 5.32 Å². The van der Waals surface area contributed by atoms with Gasteiger partial charge in [-0.3, -0.25) is 4.79 Å². The number of aryl methyl sites for hydroxylation is 1. The zero-order valence-electron chi connectivity index (χ0n) is 14.1. The van der Waals surface area contributed by atoms with Crippen LogP contribution in [-0.4, -0.2) is 31.2 Å². The van der Waals surface area contributed by atoms with E-state index < -0.39 is 0 Å². The predicted molar refractivity (Wildman–Crippen MR) is 89.3 cm³/mol. The molecule has 2 atom stereocenters. The Morgan fingerprint density at radius 2 is 2.12 bits per heavy atom. The van der Waals surface area contributed by atoms with Crippen molar-refractivity contribution in [2.75, 3.05) is 13.2 Å². The van der Waals surface area contributed by atoms with Gasteiger partial charge in [-0.15, -0.1) is 0 Å². The first-order valence-corrected chi connectivity index (χ1v) is 8.41. The number of benzene rings is 1. The van der Waals surface area contributed by atoms with Crippen molar-refractivity contribution in [2.24, 2.45) is 0 Å². The van der Waals surface area contributed by atoms with Gasteiger partial charge >= 0.3 is 5.97 Å². The first-order chi connectivity index (χ1) is 11.6. The normalized spacial score (nSPS) is 24.0. The van der Waals surface area contributed by atoms with Crippen molar-refractivity contribution in [1.29, 1.82) is 0 Å². The van der Waals surface area contributed by atoms with E-state index in [4.69, 9.17) is 9.47 Å². The molecule has 0 aliphatic carbocycles. The molecule has 1 N–H and O–H groups in total. The van der Waals surface area contributed by atoms with Crippen LogP contribution in [0.5, 0.6) is 0 Å². The van der Waals surface area contributed by atoms with Gasteiger partial charge < -0.3 is 14.8 Å². The van der Waals surface area contributed by atoms with Gasteiger partial charge in [0.25, 0.3) is 0 Å². The van der Waals surface area contributed by atoms with Gasteiger partial charge in [-0.25, -0.2) is 4.79 Å². The molecule has 2 heterocycles. The van der Waals surface area contributed by atoms with Crippen LogP contribution in [0.25, 0.3) is 0 Å². The molecule has 1 aromatic rings. The lowest BCUT2D eigenvalue weighted by atomic mass is 9.82. The minimum atomic E-state index is -0.365. The molecule has 1 saturated heterocycles. The number of allylic oxidation sites excluding steroid dienone is 1. The first kappa shape index (κ1) is 16.7. The Bertz CT molecular complexity index is 674. The summed E-state index contributed by atoms with van der Waals surface area (Å²) in [5, 5.41) is 2.77. The highest BCUT2D eigenvalue weighted by molar-refractivity contribution is 5.95. The largest absolute Gasteiger partial charge is 0.460 e. The van der Waals surface area contributed by atoms with Crippen LogP contribution >= 0.6 is 0 Å². The lowest BCUT2D eigenvalue weighted by molar-refractivity contribution is -0.142. The smallest absolute Gasteiger partial charge is 0.336 e. The second-order valence-corrected chi connectivity index (χ2v) is 6.43. The lowest BCUT2D eigenvalue weighted by Gasteiger charge is -2.27. The van der Waals surface area contributed by atoms with E-state index in [2.05, 4.69) is 5.32 Å². The van der Waals surface area contributed by atoms with Crippen LogP contribution in [0, 0.1) is 6.92 Å². The van der Waals surface area contributed by atoms with Crippen molar-refractivity contribution in [2.45, 2.75) is 45.1 Å². The maximum Gasteiger partial charge on any atom is 0.336 e. The van der Waals surface area contributed by atoms with Gasteiger partial charge in [0, 0.05) is 24.6 Å². The summed E-state index contributed by atoms with van der Waals surface area (Å²) >= 11 is 0. The Balaban J connectivity index is 1.83. The number of amides is 1. The van der Waals surface area contributed by atoms with E-state index in [-0.39, 0.29) is 36.9 Å². The Kier molecular flexibility index (Phi) is 5.00. The average Bonchev–Trinajstić information content (AvgIpc) is 3.06. The zero-order valence-corrected chi connectivity index (χ0v) is 14.1. The monoisotopic (exact) mass is 329 g/mol. The zero-order chi connectivity index (χ0) is 17.1. The van der Waals surface area contributed by atoms with E-state index >= 15 is 0 Å². The molecule has 0 radical (unpaired) electrons. The van der Waals surface area contributed by atoms with Crippen LogP contribution in [0.1, 0.15) is 43.2 Å². The minimum absolute atomic E-state index is 0.00931. The van der Waals surface area contributed by atoms with Crippen molar-refractivity contribution in [3.8, 4) is 0 Å². The van der Waals surface area contributed by atoms with Crippen LogP contribution in [-0.2, 0) is 19.1 Å². The summed E-state index contributed by atoms with van der Waals surface area (Å²) in [7, 11) is 0. The molecular weight excluding hydrogens is 306 g/mol. The molecule has 0 unspecified atom stereocenters. The third-order valence-corrected chi connectivity index (χ3v) is 4.68.